The summed E-state index contributed by atoms with van der Waals surface area (Å²) in [7, 11) is 0. The fraction of sp³-hybridized carbons (Fsp3) is 0.200. The van der Waals surface area contributed by atoms with Crippen LogP contribution in [0.5, 0.6) is 0 Å². The van der Waals surface area contributed by atoms with Crippen LogP contribution in [-0.4, -0.2) is 23.7 Å². The Balaban J connectivity index is 2.50. The van der Waals surface area contributed by atoms with Gasteiger partial charge in [-0.25, -0.2) is 4.79 Å². The summed E-state index contributed by atoms with van der Waals surface area (Å²) in [6.07, 6.45) is -0.142. The molecule has 17 heavy (non-hydrogen) atoms. The van der Waals surface area contributed by atoms with Crippen LogP contribution in [0.4, 0.5) is 10.5 Å². The normalized spacial score (nSPS) is 9.76. The number of hydrogen-bond donors (Lipinski definition) is 3. The summed E-state index contributed by atoms with van der Waals surface area (Å²) in [5.74, 6) is -0.980. The van der Waals surface area contributed by atoms with E-state index >= 15 is 0 Å². The third-order valence-electron chi connectivity index (χ3n) is 1.80. The summed E-state index contributed by atoms with van der Waals surface area (Å²) in [5.41, 5.74) is 0.368. The van der Waals surface area contributed by atoms with Gasteiger partial charge in [0.25, 0.3) is 0 Å². The van der Waals surface area contributed by atoms with E-state index in [1.54, 1.807) is 12.1 Å². The highest BCUT2D eigenvalue weighted by molar-refractivity contribution is 6.35. The van der Waals surface area contributed by atoms with Crippen molar-refractivity contribution in [3.05, 3.63) is 28.2 Å². The van der Waals surface area contributed by atoms with Gasteiger partial charge in [0, 0.05) is 11.6 Å². The number of rotatable bonds is 4. The zero-order chi connectivity index (χ0) is 12.8. The van der Waals surface area contributed by atoms with Gasteiger partial charge < -0.3 is 15.7 Å². The van der Waals surface area contributed by atoms with E-state index in [9.17, 15) is 9.59 Å². The summed E-state index contributed by atoms with van der Waals surface area (Å²) in [4.78, 5) is 21.6. The van der Waals surface area contributed by atoms with Gasteiger partial charge in [-0.1, -0.05) is 23.2 Å². The van der Waals surface area contributed by atoms with E-state index in [1.165, 1.54) is 6.07 Å². The van der Waals surface area contributed by atoms with Gasteiger partial charge in [-0.2, -0.15) is 0 Å². The van der Waals surface area contributed by atoms with Crippen molar-refractivity contribution in [3.8, 4) is 0 Å². The topological polar surface area (TPSA) is 78.4 Å². The predicted octanol–water partition coefficient (Wildman–Crippen LogP) is 2.59. The third kappa shape index (κ3) is 4.93. The van der Waals surface area contributed by atoms with Crippen molar-refractivity contribution in [3.63, 3.8) is 0 Å². The highest BCUT2D eigenvalue weighted by Crippen LogP contribution is 2.25. The molecule has 1 aromatic rings. The minimum absolute atomic E-state index is 0.0410. The molecule has 2 amide bonds. The first kappa shape index (κ1) is 13.6. The van der Waals surface area contributed by atoms with Crippen molar-refractivity contribution >= 4 is 40.9 Å². The standard InChI is InChI=1S/C10H10Cl2N2O3/c11-6-1-2-7(12)8(5-6)14-10(17)13-4-3-9(15)16/h1-2,5H,3-4H2,(H,15,16)(H2,13,14,17). The SMILES string of the molecule is O=C(O)CCNC(=O)Nc1cc(Cl)ccc1Cl. The van der Waals surface area contributed by atoms with Gasteiger partial charge in [0.1, 0.15) is 0 Å². The van der Waals surface area contributed by atoms with E-state index in [2.05, 4.69) is 10.6 Å². The van der Waals surface area contributed by atoms with Crippen LogP contribution < -0.4 is 10.6 Å². The molecule has 0 aliphatic rings. The molecule has 7 heteroatoms. The number of aliphatic carboxylic acids is 1. The van der Waals surface area contributed by atoms with Crippen molar-refractivity contribution in [2.45, 2.75) is 6.42 Å². The lowest BCUT2D eigenvalue weighted by molar-refractivity contribution is -0.136. The van der Waals surface area contributed by atoms with Crippen molar-refractivity contribution in [2.24, 2.45) is 0 Å². The molecule has 0 aliphatic heterocycles. The van der Waals surface area contributed by atoms with Crippen molar-refractivity contribution in [2.75, 3.05) is 11.9 Å². The number of halogens is 2. The molecule has 0 aliphatic carbocycles. The van der Waals surface area contributed by atoms with Gasteiger partial charge in [-0.15, -0.1) is 0 Å². The second-order valence-corrected chi connectivity index (χ2v) is 3.99. The molecule has 0 radical (unpaired) electrons. The van der Waals surface area contributed by atoms with Crippen LogP contribution in [0.3, 0.4) is 0 Å². The van der Waals surface area contributed by atoms with Crippen molar-refractivity contribution < 1.29 is 14.7 Å². The van der Waals surface area contributed by atoms with E-state index in [0.29, 0.717) is 15.7 Å². The summed E-state index contributed by atoms with van der Waals surface area (Å²) in [6, 6.07) is 4.12. The van der Waals surface area contributed by atoms with E-state index in [-0.39, 0.29) is 13.0 Å². The Labute approximate surface area is 108 Å². The van der Waals surface area contributed by atoms with Gasteiger partial charge >= 0.3 is 12.0 Å². The molecule has 0 spiro atoms. The van der Waals surface area contributed by atoms with Crippen LogP contribution in [0.25, 0.3) is 0 Å². The van der Waals surface area contributed by atoms with E-state index < -0.39 is 12.0 Å². The Hall–Kier alpha value is -1.46. The lowest BCUT2D eigenvalue weighted by atomic mass is 10.3. The molecule has 0 fully saturated rings. The smallest absolute Gasteiger partial charge is 0.319 e. The first-order valence-corrected chi connectivity index (χ1v) is 5.46. The highest BCUT2D eigenvalue weighted by Gasteiger charge is 2.06. The number of carboxylic acid groups (broad SMARTS) is 1. The number of urea groups is 1. The fourth-order valence-corrected chi connectivity index (χ4v) is 1.38. The molecule has 0 atom stereocenters. The Morgan fingerprint density at radius 1 is 1.29 bits per heavy atom. The number of carbonyl (C=O) groups is 2. The van der Waals surface area contributed by atoms with Crippen LogP contribution in [-0.2, 0) is 4.79 Å². The molecule has 1 rings (SSSR count). The summed E-state index contributed by atoms with van der Waals surface area (Å²) >= 11 is 11.6. The summed E-state index contributed by atoms with van der Waals surface area (Å²) in [5, 5.41) is 14.0. The first-order valence-electron chi connectivity index (χ1n) is 4.70. The third-order valence-corrected chi connectivity index (χ3v) is 2.37. The van der Waals surface area contributed by atoms with Crippen LogP contribution >= 0.6 is 23.2 Å². The quantitative estimate of drug-likeness (QED) is 0.791. The number of benzene rings is 1. The molecule has 0 bridgehead atoms. The zero-order valence-corrected chi connectivity index (χ0v) is 10.2. The summed E-state index contributed by atoms with van der Waals surface area (Å²) < 4.78 is 0. The lowest BCUT2D eigenvalue weighted by Gasteiger charge is -2.08. The van der Waals surface area contributed by atoms with Gasteiger partial charge in [-0.05, 0) is 18.2 Å². The van der Waals surface area contributed by atoms with Gasteiger partial charge in [0.15, 0.2) is 0 Å². The molecule has 92 valence electrons. The maximum atomic E-state index is 11.3. The highest BCUT2D eigenvalue weighted by atomic mass is 35.5. The first-order chi connectivity index (χ1) is 7.99. The second kappa shape index (κ2) is 6.32. The Bertz CT molecular complexity index is 438. The van der Waals surface area contributed by atoms with Crippen LogP contribution in [0.15, 0.2) is 18.2 Å². The van der Waals surface area contributed by atoms with Crippen LogP contribution in [0.1, 0.15) is 6.42 Å². The van der Waals surface area contributed by atoms with Crippen molar-refractivity contribution in [1.29, 1.82) is 0 Å². The number of carbonyl (C=O) groups excluding carboxylic acids is 1. The van der Waals surface area contributed by atoms with Crippen LogP contribution in [0.2, 0.25) is 10.0 Å². The predicted molar refractivity (Wildman–Crippen MR) is 65.7 cm³/mol. The van der Waals surface area contributed by atoms with E-state index in [0.717, 1.165) is 0 Å². The Kier molecular flexibility index (Phi) is 5.06. The summed E-state index contributed by atoms with van der Waals surface area (Å²) in [6.45, 7) is 0.0410. The molecule has 0 heterocycles. The minimum Gasteiger partial charge on any atom is -0.481 e. The Morgan fingerprint density at radius 2 is 2.00 bits per heavy atom. The number of amides is 2. The van der Waals surface area contributed by atoms with E-state index in [4.69, 9.17) is 28.3 Å². The average Bonchev–Trinajstić information content (AvgIpc) is 2.23. The molecular weight excluding hydrogens is 267 g/mol. The van der Waals surface area contributed by atoms with Gasteiger partial charge in [0.05, 0.1) is 17.1 Å². The molecule has 0 saturated carbocycles. The minimum atomic E-state index is -0.980. The molecule has 0 saturated heterocycles. The lowest BCUT2D eigenvalue weighted by Crippen LogP contribution is -2.30. The number of anilines is 1. The molecule has 3 N–H and O–H groups in total. The number of carboxylic acids is 1. The number of hydrogen-bond acceptors (Lipinski definition) is 2. The molecular formula is C10H10Cl2N2O3. The maximum Gasteiger partial charge on any atom is 0.319 e. The van der Waals surface area contributed by atoms with E-state index in [1.807, 2.05) is 0 Å². The Morgan fingerprint density at radius 3 is 2.65 bits per heavy atom. The molecule has 0 aromatic heterocycles. The average molecular weight is 277 g/mol. The molecule has 1 aromatic carbocycles. The molecule has 5 nitrogen and oxygen atoms in total. The van der Waals surface area contributed by atoms with Crippen molar-refractivity contribution in [1.82, 2.24) is 5.32 Å². The van der Waals surface area contributed by atoms with Crippen LogP contribution in [0, 0.1) is 0 Å². The van der Waals surface area contributed by atoms with Gasteiger partial charge in [0.2, 0.25) is 0 Å². The second-order valence-electron chi connectivity index (χ2n) is 3.15. The zero-order valence-electron chi connectivity index (χ0n) is 8.67. The van der Waals surface area contributed by atoms with Gasteiger partial charge in [-0.3, -0.25) is 4.79 Å². The monoisotopic (exact) mass is 276 g/mol. The largest absolute Gasteiger partial charge is 0.481 e. The maximum absolute atomic E-state index is 11.3. The molecule has 0 unspecified atom stereocenters. The number of nitrogens with one attached hydrogen (secondary N) is 2. The fourth-order valence-electron chi connectivity index (χ4n) is 1.04.